The first-order chi connectivity index (χ1) is 18.1. The van der Waals surface area contributed by atoms with Gasteiger partial charge in [-0.25, -0.2) is 9.78 Å². The van der Waals surface area contributed by atoms with E-state index in [1.54, 1.807) is 18.2 Å². The van der Waals surface area contributed by atoms with E-state index in [9.17, 15) is 4.79 Å². The van der Waals surface area contributed by atoms with Crippen LogP contribution in [0.5, 0.6) is 0 Å². The zero-order valence-electron chi connectivity index (χ0n) is 19.5. The molecule has 6 heteroatoms. The molecule has 0 fully saturated rings. The minimum Gasteiger partial charge on any atom is -0.477 e. The van der Waals surface area contributed by atoms with Gasteiger partial charge in [-0.2, -0.15) is 5.26 Å². The van der Waals surface area contributed by atoms with E-state index in [-0.39, 0.29) is 5.57 Å². The molecule has 1 N–H and O–H groups in total. The average molecular weight is 498 g/mol. The number of hydrogen-bond donors (Lipinski definition) is 1. The van der Waals surface area contributed by atoms with Crippen molar-refractivity contribution < 1.29 is 9.90 Å². The quantitative estimate of drug-likeness (QED) is 0.158. The van der Waals surface area contributed by atoms with Crippen molar-refractivity contribution in [2.45, 2.75) is 0 Å². The Morgan fingerprint density at radius 2 is 1.46 bits per heavy atom. The molecule has 0 amide bonds. The van der Waals surface area contributed by atoms with Crippen molar-refractivity contribution >= 4 is 50.7 Å². The van der Waals surface area contributed by atoms with E-state index in [0.29, 0.717) is 10.6 Å². The maximum absolute atomic E-state index is 11.1. The van der Waals surface area contributed by atoms with Gasteiger partial charge in [0.1, 0.15) is 11.6 Å². The Labute approximate surface area is 218 Å². The van der Waals surface area contributed by atoms with E-state index >= 15 is 0 Å². The summed E-state index contributed by atoms with van der Waals surface area (Å²) in [5, 5.41) is 18.7. The highest BCUT2D eigenvalue weighted by atomic mass is 32.1. The summed E-state index contributed by atoms with van der Waals surface area (Å²) in [4.78, 5) is 17.9. The number of hydrogen-bond acceptors (Lipinski definition) is 5. The van der Waals surface area contributed by atoms with Crippen molar-refractivity contribution in [2.24, 2.45) is 0 Å². The first-order valence-corrected chi connectivity index (χ1v) is 12.2. The van der Waals surface area contributed by atoms with Gasteiger partial charge in [0.2, 0.25) is 0 Å². The number of para-hydroxylation sites is 2. The molecule has 1 heterocycles. The second-order valence-electron chi connectivity index (χ2n) is 8.02. The Morgan fingerprint density at radius 1 is 0.838 bits per heavy atom. The van der Waals surface area contributed by atoms with Crippen molar-refractivity contribution in [3.63, 3.8) is 0 Å². The molecule has 0 radical (unpaired) electrons. The fraction of sp³-hybridized carbons (Fsp3) is 0. The van der Waals surface area contributed by atoms with E-state index in [0.717, 1.165) is 32.8 Å². The number of nitrogens with zero attached hydrogens (tertiary/aromatic N) is 3. The summed E-state index contributed by atoms with van der Waals surface area (Å²) in [5.41, 5.74) is 5.13. The average Bonchev–Trinajstić information content (AvgIpc) is 3.35. The van der Waals surface area contributed by atoms with Crippen LogP contribution in [0.15, 0.2) is 109 Å². The fourth-order valence-corrected chi connectivity index (χ4v) is 4.68. The summed E-state index contributed by atoms with van der Waals surface area (Å²) in [6, 6.07) is 35.6. The summed E-state index contributed by atoms with van der Waals surface area (Å²) in [6.45, 7) is 0. The lowest BCUT2D eigenvalue weighted by Gasteiger charge is -2.25. The highest BCUT2D eigenvalue weighted by molar-refractivity contribution is 7.19. The molecule has 5 nitrogen and oxygen atoms in total. The van der Waals surface area contributed by atoms with Gasteiger partial charge >= 0.3 is 5.97 Å². The molecule has 0 spiro atoms. The van der Waals surface area contributed by atoms with Gasteiger partial charge in [-0.3, -0.25) is 0 Å². The summed E-state index contributed by atoms with van der Waals surface area (Å²) >= 11 is 1.42. The van der Waals surface area contributed by atoms with E-state index in [1.165, 1.54) is 17.4 Å². The van der Waals surface area contributed by atoms with Crippen LogP contribution in [-0.4, -0.2) is 16.1 Å². The maximum Gasteiger partial charge on any atom is 0.346 e. The van der Waals surface area contributed by atoms with Crippen LogP contribution in [0.4, 0.5) is 17.1 Å². The van der Waals surface area contributed by atoms with E-state index in [4.69, 9.17) is 10.4 Å². The zero-order chi connectivity index (χ0) is 25.6. The molecule has 4 aromatic carbocycles. The number of rotatable bonds is 5. The molecular formula is C31H19N3O2S. The van der Waals surface area contributed by atoms with Gasteiger partial charge in [0.25, 0.3) is 0 Å². The number of benzene rings is 4. The Kier molecular flexibility index (Phi) is 6.76. The molecular weight excluding hydrogens is 478 g/mol. The summed E-state index contributed by atoms with van der Waals surface area (Å²) in [7, 11) is 0. The van der Waals surface area contributed by atoms with Crippen LogP contribution in [-0.2, 0) is 4.79 Å². The van der Waals surface area contributed by atoms with Crippen molar-refractivity contribution in [2.75, 3.05) is 4.90 Å². The fourth-order valence-electron chi connectivity index (χ4n) is 3.81. The normalized spacial score (nSPS) is 10.8. The van der Waals surface area contributed by atoms with Crippen LogP contribution >= 0.6 is 11.3 Å². The van der Waals surface area contributed by atoms with Gasteiger partial charge in [-0.15, -0.1) is 11.3 Å². The van der Waals surface area contributed by atoms with Crippen molar-refractivity contribution in [1.29, 1.82) is 5.26 Å². The second kappa shape index (κ2) is 10.6. The molecule has 5 aromatic rings. The molecule has 0 saturated carbocycles. The van der Waals surface area contributed by atoms with Crippen molar-refractivity contribution in [1.82, 2.24) is 4.98 Å². The van der Waals surface area contributed by atoms with Gasteiger partial charge in [0, 0.05) is 22.6 Å². The van der Waals surface area contributed by atoms with Gasteiger partial charge in [-0.1, -0.05) is 48.4 Å². The number of thiazole rings is 1. The molecule has 0 saturated heterocycles. The van der Waals surface area contributed by atoms with Crippen LogP contribution in [0.2, 0.25) is 0 Å². The molecule has 0 aliphatic heterocycles. The van der Waals surface area contributed by atoms with Gasteiger partial charge < -0.3 is 10.0 Å². The van der Waals surface area contributed by atoms with Crippen LogP contribution in [0.3, 0.4) is 0 Å². The third-order valence-electron chi connectivity index (χ3n) is 5.54. The largest absolute Gasteiger partial charge is 0.477 e. The molecule has 0 bridgehead atoms. The summed E-state index contributed by atoms with van der Waals surface area (Å²) in [6.07, 6.45) is 1.35. The number of fused-ring (bicyclic) bond motifs is 1. The standard InChI is InChI=1S/C31H19N3O2S/c32-21-24(31(35)36)19-23-13-17-28-29(20-23)37-30(33-28)18-14-22-11-15-27(16-12-22)34(25-7-3-1-4-8-25)26-9-5-2-6-10-26/h1-13,15-17,19-20H,(H,35,36)/b24-19+. The monoisotopic (exact) mass is 497 g/mol. The molecule has 0 aliphatic rings. The van der Waals surface area contributed by atoms with E-state index < -0.39 is 5.97 Å². The van der Waals surface area contributed by atoms with Crippen LogP contribution in [0, 0.1) is 23.2 Å². The lowest BCUT2D eigenvalue weighted by atomic mass is 10.1. The highest BCUT2D eigenvalue weighted by Gasteiger charge is 2.11. The first-order valence-electron chi connectivity index (χ1n) is 11.4. The molecule has 0 atom stereocenters. The van der Waals surface area contributed by atoms with Gasteiger partial charge in [0.05, 0.1) is 10.2 Å². The predicted octanol–water partition coefficient (Wildman–Crippen LogP) is 7.16. The first kappa shape index (κ1) is 23.6. The number of carboxylic acids is 1. The van der Waals surface area contributed by atoms with Gasteiger partial charge in [-0.05, 0) is 78.2 Å². The van der Waals surface area contributed by atoms with Crippen LogP contribution < -0.4 is 4.90 Å². The number of anilines is 3. The Bertz CT molecular complexity index is 1670. The third kappa shape index (κ3) is 5.41. The molecule has 0 unspecified atom stereocenters. The lowest BCUT2D eigenvalue weighted by molar-refractivity contribution is -0.132. The molecule has 1 aromatic heterocycles. The zero-order valence-corrected chi connectivity index (χ0v) is 20.3. The number of carbonyl (C=O) groups is 1. The minimum absolute atomic E-state index is 0.314. The summed E-state index contributed by atoms with van der Waals surface area (Å²) in [5.74, 6) is 5.07. The topological polar surface area (TPSA) is 77.2 Å². The Morgan fingerprint density at radius 3 is 2.05 bits per heavy atom. The summed E-state index contributed by atoms with van der Waals surface area (Å²) < 4.78 is 0.873. The van der Waals surface area contributed by atoms with E-state index in [1.807, 2.05) is 54.6 Å². The number of aliphatic carboxylic acids is 1. The number of aromatic nitrogens is 1. The number of nitriles is 1. The lowest BCUT2D eigenvalue weighted by Crippen LogP contribution is -2.09. The minimum atomic E-state index is -1.25. The molecule has 5 rings (SSSR count). The Balaban J connectivity index is 1.40. The number of carboxylic acid groups (broad SMARTS) is 1. The smallest absolute Gasteiger partial charge is 0.346 e. The molecule has 176 valence electrons. The van der Waals surface area contributed by atoms with E-state index in [2.05, 4.69) is 58.1 Å². The van der Waals surface area contributed by atoms with Gasteiger partial charge in [0.15, 0.2) is 5.01 Å². The predicted molar refractivity (Wildman–Crippen MR) is 148 cm³/mol. The SMILES string of the molecule is N#C/C(=C\c1ccc2nc(C#Cc3ccc(N(c4ccccc4)c4ccccc4)cc3)sc2c1)C(=O)O. The third-order valence-corrected chi connectivity index (χ3v) is 6.48. The van der Waals surface area contributed by atoms with Crippen LogP contribution in [0.25, 0.3) is 16.3 Å². The second-order valence-corrected chi connectivity index (χ2v) is 9.06. The molecule has 37 heavy (non-hydrogen) atoms. The van der Waals surface area contributed by atoms with Crippen molar-refractivity contribution in [3.8, 4) is 17.9 Å². The maximum atomic E-state index is 11.1. The van der Waals surface area contributed by atoms with Crippen molar-refractivity contribution in [3.05, 3.63) is 125 Å². The Hall–Kier alpha value is -5.17. The highest BCUT2D eigenvalue weighted by Crippen LogP contribution is 2.34. The molecule has 0 aliphatic carbocycles. The van der Waals surface area contributed by atoms with Crippen LogP contribution in [0.1, 0.15) is 16.1 Å².